The highest BCUT2D eigenvalue weighted by molar-refractivity contribution is 6.31. The van der Waals surface area contributed by atoms with Gasteiger partial charge in [0.2, 0.25) is 0 Å². The number of aliphatic hydroxyl groups is 1. The minimum Gasteiger partial charge on any atom is -0.505 e. The third kappa shape index (κ3) is 5.67. The second-order valence-corrected chi connectivity index (χ2v) is 6.53. The molecule has 31 heavy (non-hydrogen) atoms. The number of amides is 1. The van der Waals surface area contributed by atoms with Gasteiger partial charge in [-0.1, -0.05) is 41.9 Å². The van der Waals surface area contributed by atoms with Gasteiger partial charge in [0.25, 0.3) is 5.91 Å². The molecule has 1 aromatic heterocycles. The molecular weight excluding hydrogens is 433 g/mol. The Morgan fingerprint density at radius 1 is 1.06 bits per heavy atom. The van der Waals surface area contributed by atoms with Crippen molar-refractivity contribution in [3.8, 4) is 0 Å². The summed E-state index contributed by atoms with van der Waals surface area (Å²) in [6.07, 6.45) is -1.81. The van der Waals surface area contributed by atoms with E-state index in [2.05, 4.69) is 20.5 Å². The summed E-state index contributed by atoms with van der Waals surface area (Å²) in [5, 5.41) is 20.0. The van der Waals surface area contributed by atoms with Crippen LogP contribution in [0.5, 0.6) is 0 Å². The van der Waals surface area contributed by atoms with E-state index < -0.39 is 34.1 Å². The first-order chi connectivity index (χ1) is 14.8. The van der Waals surface area contributed by atoms with Gasteiger partial charge in [0.05, 0.1) is 16.8 Å². The van der Waals surface area contributed by atoms with Crippen LogP contribution in [0.3, 0.4) is 0 Å². The van der Waals surface area contributed by atoms with Crippen LogP contribution in [0.1, 0.15) is 11.1 Å². The summed E-state index contributed by atoms with van der Waals surface area (Å²) in [4.78, 5) is 16.6. The van der Waals surface area contributed by atoms with E-state index in [9.17, 15) is 23.1 Å². The van der Waals surface area contributed by atoms with Crippen molar-refractivity contribution in [3.05, 3.63) is 94.9 Å². The van der Waals surface area contributed by atoms with Gasteiger partial charge in [-0.3, -0.25) is 9.78 Å². The largest absolute Gasteiger partial charge is 0.505 e. The van der Waals surface area contributed by atoms with Crippen molar-refractivity contribution < 1.29 is 23.1 Å². The van der Waals surface area contributed by atoms with Crippen molar-refractivity contribution in [2.45, 2.75) is 6.18 Å². The number of pyridine rings is 1. The van der Waals surface area contributed by atoms with E-state index in [4.69, 9.17) is 11.6 Å². The zero-order valence-electron chi connectivity index (χ0n) is 15.6. The molecule has 0 aliphatic rings. The molecule has 2 aromatic carbocycles. The number of aromatic nitrogens is 1. The Balaban J connectivity index is 1.98. The number of nitrogens with one attached hydrogen (secondary N) is 1. The Bertz CT molecular complexity index is 1130. The first-order valence-corrected chi connectivity index (χ1v) is 9.12. The lowest BCUT2D eigenvalue weighted by molar-refractivity contribution is -0.137. The van der Waals surface area contributed by atoms with Crippen LogP contribution < -0.4 is 5.32 Å². The van der Waals surface area contributed by atoms with Gasteiger partial charge in [0.15, 0.2) is 11.5 Å². The molecule has 0 bridgehead atoms. The van der Waals surface area contributed by atoms with Gasteiger partial charge >= 0.3 is 6.18 Å². The summed E-state index contributed by atoms with van der Waals surface area (Å²) in [5.41, 5.74) is -1.22. The van der Waals surface area contributed by atoms with E-state index in [0.717, 1.165) is 6.07 Å². The normalized spacial score (nSPS) is 12.5. The topological polar surface area (TPSA) is 86.9 Å². The van der Waals surface area contributed by atoms with E-state index >= 15 is 0 Å². The van der Waals surface area contributed by atoms with E-state index in [0.29, 0.717) is 11.8 Å². The quantitative estimate of drug-likeness (QED) is 0.270. The number of benzene rings is 2. The number of azo groups is 1. The molecule has 0 saturated heterocycles. The van der Waals surface area contributed by atoms with Crippen molar-refractivity contribution in [2.75, 3.05) is 5.32 Å². The lowest BCUT2D eigenvalue weighted by Gasteiger charge is -2.12. The zero-order valence-corrected chi connectivity index (χ0v) is 16.4. The molecule has 0 aliphatic heterocycles. The van der Waals surface area contributed by atoms with Crippen molar-refractivity contribution in [1.82, 2.24) is 4.98 Å². The summed E-state index contributed by atoms with van der Waals surface area (Å²) in [6, 6.07) is 14.1. The summed E-state index contributed by atoms with van der Waals surface area (Å²) in [7, 11) is 0. The van der Waals surface area contributed by atoms with Crippen LogP contribution in [0.2, 0.25) is 5.02 Å². The first-order valence-electron chi connectivity index (χ1n) is 8.74. The van der Waals surface area contributed by atoms with Crippen LogP contribution in [0.25, 0.3) is 5.76 Å². The minimum absolute atomic E-state index is 0.184. The molecule has 2 N–H and O–H groups in total. The number of hydrogen-bond acceptors (Lipinski definition) is 5. The SMILES string of the molecule is O=C(Nc1ccc(Cl)c(C(F)(F)F)c1)/C(N=Nc1cccnc1)=C(\O)c1ccccc1. The number of rotatable bonds is 5. The number of hydrogen-bond donors (Lipinski definition) is 2. The molecular formula is C21H14ClF3N4O2. The molecule has 0 aliphatic carbocycles. The predicted octanol–water partition coefficient (Wildman–Crippen LogP) is 6.40. The van der Waals surface area contributed by atoms with Crippen molar-refractivity contribution in [2.24, 2.45) is 10.2 Å². The Morgan fingerprint density at radius 2 is 1.81 bits per heavy atom. The molecule has 10 heteroatoms. The summed E-state index contributed by atoms with van der Waals surface area (Å²) in [5.74, 6) is -1.47. The maximum absolute atomic E-state index is 13.1. The van der Waals surface area contributed by atoms with Crippen molar-refractivity contribution in [1.29, 1.82) is 0 Å². The standard InChI is InChI=1S/C21H14ClF3N4O2/c22-17-9-8-14(11-16(17)21(23,24)25)27-20(31)18(19(30)13-5-2-1-3-6-13)29-28-15-7-4-10-26-12-15/h1-12,30H,(H,27,31)/b19-18+,29-28?. The Hall–Kier alpha value is -3.72. The second-order valence-electron chi connectivity index (χ2n) is 6.12. The smallest absolute Gasteiger partial charge is 0.417 e. The molecule has 0 radical (unpaired) electrons. The molecule has 0 saturated carbocycles. The molecule has 0 atom stereocenters. The third-order valence-corrected chi connectivity index (χ3v) is 4.26. The highest BCUT2D eigenvalue weighted by Gasteiger charge is 2.33. The van der Waals surface area contributed by atoms with Gasteiger partial charge in [-0.25, -0.2) is 0 Å². The van der Waals surface area contributed by atoms with Gasteiger partial charge in [-0.05, 0) is 30.3 Å². The average Bonchev–Trinajstić information content (AvgIpc) is 2.75. The third-order valence-electron chi connectivity index (χ3n) is 3.93. The Labute approximate surface area is 179 Å². The van der Waals surface area contributed by atoms with Crippen molar-refractivity contribution >= 4 is 34.6 Å². The monoisotopic (exact) mass is 446 g/mol. The maximum Gasteiger partial charge on any atom is 0.417 e. The predicted molar refractivity (Wildman–Crippen MR) is 110 cm³/mol. The van der Waals surface area contributed by atoms with E-state index in [1.807, 2.05) is 0 Å². The van der Waals surface area contributed by atoms with Gasteiger partial charge in [0, 0.05) is 17.4 Å². The number of halogens is 4. The Morgan fingerprint density at radius 3 is 2.45 bits per heavy atom. The molecule has 3 aromatic rings. The molecule has 0 unspecified atom stereocenters. The number of nitrogens with zero attached hydrogens (tertiary/aromatic N) is 3. The lowest BCUT2D eigenvalue weighted by Crippen LogP contribution is -2.16. The number of carbonyl (C=O) groups excluding carboxylic acids is 1. The molecule has 1 amide bonds. The number of alkyl halides is 3. The fourth-order valence-corrected chi connectivity index (χ4v) is 2.69. The van der Waals surface area contributed by atoms with Crippen molar-refractivity contribution in [3.63, 3.8) is 0 Å². The highest BCUT2D eigenvalue weighted by Crippen LogP contribution is 2.36. The number of aliphatic hydroxyl groups excluding tert-OH is 1. The number of anilines is 1. The fraction of sp³-hybridized carbons (Fsp3) is 0.0476. The van der Waals surface area contributed by atoms with Gasteiger partial charge < -0.3 is 10.4 Å². The minimum atomic E-state index is -4.71. The zero-order chi connectivity index (χ0) is 22.4. The van der Waals surface area contributed by atoms with Gasteiger partial charge in [-0.2, -0.15) is 13.2 Å². The summed E-state index contributed by atoms with van der Waals surface area (Å²) >= 11 is 5.61. The molecule has 3 rings (SSSR count). The molecule has 1 heterocycles. The summed E-state index contributed by atoms with van der Waals surface area (Å²) in [6.45, 7) is 0. The molecule has 0 spiro atoms. The van der Waals surface area contributed by atoms with Crippen LogP contribution in [-0.2, 0) is 11.0 Å². The lowest BCUT2D eigenvalue weighted by atomic mass is 10.1. The van der Waals surface area contributed by atoms with Gasteiger partial charge in [0.1, 0.15) is 5.69 Å². The van der Waals surface area contributed by atoms with Crippen LogP contribution >= 0.6 is 11.6 Å². The summed E-state index contributed by atoms with van der Waals surface area (Å²) < 4.78 is 39.3. The molecule has 0 fully saturated rings. The van der Waals surface area contributed by atoms with Crippen LogP contribution in [0, 0.1) is 0 Å². The first kappa shape index (κ1) is 22.0. The van der Waals surface area contributed by atoms with E-state index in [1.54, 1.807) is 30.3 Å². The maximum atomic E-state index is 13.1. The highest BCUT2D eigenvalue weighted by atomic mass is 35.5. The van der Waals surface area contributed by atoms with E-state index in [1.165, 1.54) is 30.6 Å². The van der Waals surface area contributed by atoms with Crippen LogP contribution in [-0.4, -0.2) is 16.0 Å². The van der Waals surface area contributed by atoms with Crippen LogP contribution in [0.15, 0.2) is 89.0 Å². The molecule has 158 valence electrons. The Kier molecular flexibility index (Phi) is 6.66. The molecule has 6 nitrogen and oxygen atoms in total. The fourth-order valence-electron chi connectivity index (χ4n) is 2.46. The second kappa shape index (κ2) is 9.40. The van der Waals surface area contributed by atoms with E-state index in [-0.39, 0.29) is 11.3 Å². The van der Waals surface area contributed by atoms with Gasteiger partial charge in [-0.15, -0.1) is 10.2 Å². The average molecular weight is 447 g/mol. The van der Waals surface area contributed by atoms with Crippen LogP contribution in [0.4, 0.5) is 24.5 Å². The number of carbonyl (C=O) groups is 1.